The van der Waals surface area contributed by atoms with Crippen LogP contribution in [0, 0.1) is 10.1 Å². The van der Waals surface area contributed by atoms with E-state index in [1.165, 1.54) is 18.2 Å². The van der Waals surface area contributed by atoms with Crippen molar-refractivity contribution in [3.63, 3.8) is 0 Å². The normalized spacial score (nSPS) is 12.0. The zero-order chi connectivity index (χ0) is 15.4. The molecule has 1 atom stereocenters. The van der Waals surface area contributed by atoms with E-state index in [0.717, 1.165) is 5.56 Å². The molecule has 6 heteroatoms. The number of rotatable bonds is 5. The zero-order valence-electron chi connectivity index (χ0n) is 11.7. The van der Waals surface area contributed by atoms with Crippen LogP contribution in [0.2, 0.25) is 5.02 Å². The molecule has 0 heterocycles. The molecule has 0 saturated carbocycles. The predicted octanol–water partition coefficient (Wildman–Crippen LogP) is 4.32. The summed E-state index contributed by atoms with van der Waals surface area (Å²) in [4.78, 5) is 10.2. The van der Waals surface area contributed by atoms with Gasteiger partial charge < -0.3 is 10.1 Å². The van der Waals surface area contributed by atoms with Crippen molar-refractivity contribution in [3.05, 3.63) is 63.2 Å². The van der Waals surface area contributed by atoms with Gasteiger partial charge >= 0.3 is 0 Å². The van der Waals surface area contributed by atoms with Gasteiger partial charge in [0.2, 0.25) is 0 Å². The van der Waals surface area contributed by atoms with Crippen LogP contribution < -0.4 is 10.1 Å². The molecule has 0 bridgehead atoms. The average molecular weight is 307 g/mol. The van der Waals surface area contributed by atoms with Crippen molar-refractivity contribution in [2.75, 3.05) is 7.05 Å². The molecule has 2 rings (SSSR count). The Balaban J connectivity index is 2.15. The molecule has 0 aromatic heterocycles. The summed E-state index contributed by atoms with van der Waals surface area (Å²) in [7, 11) is 1.90. The first kappa shape index (κ1) is 15.3. The van der Waals surface area contributed by atoms with E-state index in [4.69, 9.17) is 16.3 Å². The van der Waals surface area contributed by atoms with Gasteiger partial charge in [0.05, 0.1) is 4.92 Å². The van der Waals surface area contributed by atoms with Crippen molar-refractivity contribution < 1.29 is 9.66 Å². The topological polar surface area (TPSA) is 64.4 Å². The molecule has 2 aromatic rings. The van der Waals surface area contributed by atoms with Gasteiger partial charge in [-0.1, -0.05) is 23.7 Å². The van der Waals surface area contributed by atoms with E-state index in [0.29, 0.717) is 11.5 Å². The molecule has 1 unspecified atom stereocenters. The molecule has 5 nitrogen and oxygen atoms in total. The first-order chi connectivity index (χ1) is 10.0. The third-order valence-electron chi connectivity index (χ3n) is 3.16. The van der Waals surface area contributed by atoms with E-state index in [1.54, 1.807) is 0 Å². The van der Waals surface area contributed by atoms with Crippen LogP contribution in [0.25, 0.3) is 0 Å². The summed E-state index contributed by atoms with van der Waals surface area (Å²) in [6, 6.07) is 12.2. The van der Waals surface area contributed by atoms with Gasteiger partial charge in [0.1, 0.15) is 16.5 Å². The van der Waals surface area contributed by atoms with E-state index in [1.807, 2.05) is 31.3 Å². The second-order valence-corrected chi connectivity index (χ2v) is 4.96. The molecule has 0 saturated heterocycles. The van der Waals surface area contributed by atoms with Gasteiger partial charge in [0, 0.05) is 18.2 Å². The second-order valence-electron chi connectivity index (χ2n) is 4.55. The van der Waals surface area contributed by atoms with E-state index < -0.39 is 4.92 Å². The summed E-state index contributed by atoms with van der Waals surface area (Å²) in [5.74, 6) is 1.10. The predicted molar refractivity (Wildman–Crippen MR) is 82.1 cm³/mol. The van der Waals surface area contributed by atoms with Crippen LogP contribution >= 0.6 is 11.6 Å². The van der Waals surface area contributed by atoms with Crippen LogP contribution in [0.15, 0.2) is 42.5 Å². The molecule has 0 amide bonds. The number of halogens is 1. The number of nitrogens with zero attached hydrogens (tertiary/aromatic N) is 1. The number of nitro benzene ring substituents is 1. The standard InChI is InChI=1S/C15H15ClN2O3/c1-10(17-2)11-3-5-12(6-4-11)21-13-7-8-15(18(19)20)14(16)9-13/h3-10,17H,1-2H3. The highest BCUT2D eigenvalue weighted by Crippen LogP contribution is 2.31. The van der Waals surface area contributed by atoms with E-state index in [9.17, 15) is 10.1 Å². The van der Waals surface area contributed by atoms with Crippen LogP contribution in [0.3, 0.4) is 0 Å². The highest BCUT2D eigenvalue weighted by molar-refractivity contribution is 6.32. The summed E-state index contributed by atoms with van der Waals surface area (Å²) in [6.07, 6.45) is 0. The lowest BCUT2D eigenvalue weighted by Crippen LogP contribution is -2.11. The Hall–Kier alpha value is -2.11. The highest BCUT2D eigenvalue weighted by atomic mass is 35.5. The lowest BCUT2D eigenvalue weighted by Gasteiger charge is -2.11. The summed E-state index contributed by atoms with van der Waals surface area (Å²) < 4.78 is 5.63. The minimum atomic E-state index is -0.528. The van der Waals surface area contributed by atoms with E-state index in [2.05, 4.69) is 12.2 Å². The van der Waals surface area contributed by atoms with Gasteiger partial charge in [-0.15, -0.1) is 0 Å². The Kier molecular flexibility index (Phi) is 4.77. The Labute approximate surface area is 127 Å². The lowest BCUT2D eigenvalue weighted by atomic mass is 10.1. The van der Waals surface area contributed by atoms with Crippen molar-refractivity contribution in [1.29, 1.82) is 0 Å². The van der Waals surface area contributed by atoms with Gasteiger partial charge in [-0.3, -0.25) is 10.1 Å². The maximum atomic E-state index is 10.7. The molecule has 0 aliphatic carbocycles. The molecular formula is C15H15ClN2O3. The van der Waals surface area contributed by atoms with Crippen molar-refractivity contribution in [3.8, 4) is 11.5 Å². The summed E-state index contributed by atoms with van der Waals surface area (Å²) in [5.41, 5.74) is 1.01. The first-order valence-electron chi connectivity index (χ1n) is 6.40. The minimum absolute atomic E-state index is 0.0536. The number of nitro groups is 1. The van der Waals surface area contributed by atoms with Crippen molar-refractivity contribution in [2.24, 2.45) is 0 Å². The number of ether oxygens (including phenoxy) is 1. The Bertz CT molecular complexity index is 644. The monoisotopic (exact) mass is 306 g/mol. The summed E-state index contributed by atoms with van der Waals surface area (Å²) >= 11 is 5.85. The smallest absolute Gasteiger partial charge is 0.288 e. The number of benzene rings is 2. The molecule has 2 aromatic carbocycles. The maximum absolute atomic E-state index is 10.7. The van der Waals surface area contributed by atoms with Crippen LogP contribution in [0.4, 0.5) is 5.69 Å². The molecule has 0 spiro atoms. The van der Waals surface area contributed by atoms with Crippen LogP contribution in [-0.4, -0.2) is 12.0 Å². The molecule has 0 fully saturated rings. The minimum Gasteiger partial charge on any atom is -0.457 e. The van der Waals surface area contributed by atoms with Crippen molar-refractivity contribution in [1.82, 2.24) is 5.32 Å². The highest BCUT2D eigenvalue weighted by Gasteiger charge is 2.13. The molecule has 0 aliphatic rings. The fourth-order valence-electron chi connectivity index (χ4n) is 1.83. The van der Waals surface area contributed by atoms with Crippen molar-refractivity contribution >= 4 is 17.3 Å². The Morgan fingerprint density at radius 3 is 2.33 bits per heavy atom. The fraction of sp³-hybridized carbons (Fsp3) is 0.200. The third-order valence-corrected chi connectivity index (χ3v) is 3.47. The van der Waals surface area contributed by atoms with Crippen LogP contribution in [0.5, 0.6) is 11.5 Å². The number of nitrogens with one attached hydrogen (secondary N) is 1. The van der Waals surface area contributed by atoms with Gasteiger partial charge in [0.15, 0.2) is 0 Å². The average Bonchev–Trinajstić information content (AvgIpc) is 2.47. The molecule has 0 aliphatic heterocycles. The SMILES string of the molecule is CNC(C)c1ccc(Oc2ccc([N+](=O)[O-])c(Cl)c2)cc1. The van der Waals surface area contributed by atoms with Crippen molar-refractivity contribution in [2.45, 2.75) is 13.0 Å². The maximum Gasteiger partial charge on any atom is 0.288 e. The largest absolute Gasteiger partial charge is 0.457 e. The van der Waals surface area contributed by atoms with Gasteiger partial charge in [-0.05, 0) is 37.7 Å². The molecule has 0 radical (unpaired) electrons. The van der Waals surface area contributed by atoms with Gasteiger partial charge in [-0.2, -0.15) is 0 Å². The Morgan fingerprint density at radius 1 is 1.19 bits per heavy atom. The second kappa shape index (κ2) is 6.56. The molecule has 110 valence electrons. The van der Waals surface area contributed by atoms with Crippen LogP contribution in [-0.2, 0) is 0 Å². The third kappa shape index (κ3) is 3.71. The van der Waals surface area contributed by atoms with E-state index in [-0.39, 0.29) is 16.8 Å². The molecular weight excluding hydrogens is 292 g/mol. The van der Waals surface area contributed by atoms with E-state index >= 15 is 0 Å². The van der Waals surface area contributed by atoms with Crippen LogP contribution in [0.1, 0.15) is 18.5 Å². The molecule has 1 N–H and O–H groups in total. The summed E-state index contributed by atoms with van der Waals surface area (Å²) in [6.45, 7) is 2.06. The summed E-state index contributed by atoms with van der Waals surface area (Å²) in [5, 5.41) is 13.9. The lowest BCUT2D eigenvalue weighted by molar-refractivity contribution is -0.384. The quantitative estimate of drug-likeness (QED) is 0.660. The first-order valence-corrected chi connectivity index (χ1v) is 6.78. The fourth-order valence-corrected chi connectivity index (χ4v) is 2.07. The Morgan fingerprint density at radius 2 is 1.81 bits per heavy atom. The van der Waals surface area contributed by atoms with Gasteiger partial charge in [0.25, 0.3) is 5.69 Å². The molecule has 21 heavy (non-hydrogen) atoms. The van der Waals surface area contributed by atoms with Gasteiger partial charge in [-0.25, -0.2) is 0 Å². The number of hydrogen-bond acceptors (Lipinski definition) is 4. The zero-order valence-corrected chi connectivity index (χ0v) is 12.4. The number of hydrogen-bond donors (Lipinski definition) is 1.